The lowest BCUT2D eigenvalue weighted by Gasteiger charge is -2.37. The number of hydrogen-bond donors (Lipinski definition) is 0. The van der Waals surface area contributed by atoms with Crippen LogP contribution in [0.1, 0.15) is 36.1 Å². The highest BCUT2D eigenvalue weighted by atomic mass is 28.3. The van der Waals surface area contributed by atoms with E-state index < -0.39 is 13.9 Å². The molecule has 2 amide bonds. The van der Waals surface area contributed by atoms with Crippen LogP contribution in [0.2, 0.25) is 25.7 Å². The van der Waals surface area contributed by atoms with E-state index >= 15 is 4.79 Å². The van der Waals surface area contributed by atoms with Gasteiger partial charge in [0.05, 0.1) is 23.8 Å². The van der Waals surface area contributed by atoms with Crippen LogP contribution in [0.5, 0.6) is 0 Å². The van der Waals surface area contributed by atoms with Gasteiger partial charge in [-0.1, -0.05) is 98.5 Å². The molecule has 55 heavy (non-hydrogen) atoms. The third-order valence-electron chi connectivity index (χ3n) is 10.8. The molecule has 290 valence electrons. The Balaban J connectivity index is 1.28. The number of amides is 2. The van der Waals surface area contributed by atoms with Crippen molar-refractivity contribution in [2.75, 3.05) is 25.6 Å². The van der Waals surface area contributed by atoms with Crippen LogP contribution >= 0.6 is 0 Å². The lowest BCUT2D eigenvalue weighted by atomic mass is 9.91. The van der Waals surface area contributed by atoms with Crippen LogP contribution in [0.25, 0.3) is 10.9 Å². The Hall–Kier alpha value is -4.48. The van der Waals surface area contributed by atoms with E-state index in [1.165, 1.54) is 0 Å². The molecule has 7 rings (SSSR count). The Kier molecular flexibility index (Phi) is 11.5. The molecule has 2 fully saturated rings. The number of aromatic nitrogens is 2. The van der Waals surface area contributed by atoms with Gasteiger partial charge in [-0.25, -0.2) is 9.48 Å². The fourth-order valence-electron chi connectivity index (χ4n) is 7.94. The van der Waals surface area contributed by atoms with Gasteiger partial charge in [-0.15, -0.1) is 0 Å². The Morgan fingerprint density at radius 3 is 1.87 bits per heavy atom. The van der Waals surface area contributed by atoms with Crippen molar-refractivity contribution in [2.45, 2.75) is 102 Å². The maximum Gasteiger partial charge on any atom is 0.321 e. The van der Waals surface area contributed by atoms with Crippen LogP contribution in [0.3, 0.4) is 0 Å². The molecule has 5 aromatic rings. The van der Waals surface area contributed by atoms with E-state index in [2.05, 4.69) is 130 Å². The molecule has 4 atom stereocenters. The lowest BCUT2D eigenvalue weighted by Crippen LogP contribution is -2.51. The van der Waals surface area contributed by atoms with E-state index in [1.54, 1.807) is 0 Å². The summed E-state index contributed by atoms with van der Waals surface area (Å²) in [7, 11) is 2.90. The molecular formula is C45H57N5O4Si. The van der Waals surface area contributed by atoms with Gasteiger partial charge < -0.3 is 28.9 Å². The minimum atomic E-state index is -1.19. The molecule has 3 heterocycles. The summed E-state index contributed by atoms with van der Waals surface area (Å²) in [5, 5.41) is 5.70. The second-order valence-corrected chi connectivity index (χ2v) is 22.7. The Morgan fingerprint density at radius 1 is 0.745 bits per heavy atom. The largest absolute Gasteiger partial charge is 0.378 e. The number of benzene rings is 4. The van der Waals surface area contributed by atoms with Crippen LogP contribution < -0.4 is 4.90 Å². The van der Waals surface area contributed by atoms with Crippen molar-refractivity contribution >= 4 is 30.7 Å². The van der Waals surface area contributed by atoms with E-state index in [4.69, 9.17) is 14.2 Å². The van der Waals surface area contributed by atoms with Crippen molar-refractivity contribution in [2.24, 2.45) is 0 Å². The van der Waals surface area contributed by atoms with Gasteiger partial charge in [0, 0.05) is 52.9 Å². The minimum absolute atomic E-state index is 0.0249. The zero-order chi connectivity index (χ0) is 38.7. The predicted octanol–water partition coefficient (Wildman–Crippen LogP) is 8.60. The van der Waals surface area contributed by atoms with E-state index in [9.17, 15) is 0 Å². The number of carbonyl (C=O) groups excluding carboxylic acids is 1. The Morgan fingerprint density at radius 2 is 1.31 bits per heavy atom. The molecule has 2 saturated heterocycles. The van der Waals surface area contributed by atoms with Crippen molar-refractivity contribution in [3.05, 3.63) is 132 Å². The molecule has 0 radical (unpaired) electrons. The topological polar surface area (TPSA) is 72.3 Å². The van der Waals surface area contributed by atoms with E-state index in [1.807, 2.05) is 51.0 Å². The number of ether oxygens (including phenoxy) is 3. The second kappa shape index (κ2) is 16.3. The molecule has 0 aliphatic carbocycles. The van der Waals surface area contributed by atoms with Crippen LogP contribution in [0.4, 0.5) is 10.5 Å². The van der Waals surface area contributed by atoms with Gasteiger partial charge in [0.15, 0.2) is 5.79 Å². The van der Waals surface area contributed by atoms with Crippen LogP contribution in [0, 0.1) is 0 Å². The van der Waals surface area contributed by atoms with Crippen LogP contribution in [0.15, 0.2) is 109 Å². The molecule has 0 N–H and O–H groups in total. The van der Waals surface area contributed by atoms with Crippen LogP contribution in [-0.4, -0.2) is 84.5 Å². The minimum Gasteiger partial charge on any atom is -0.378 e. The standard InChI is InChI=1S/C45H57N5O4Si/c1-45(2)53-42-40(27-33-15-10-8-11-16-33)48(30-35-19-14-20-38(26-35)47(3)4)44(51)49(41(43(42)54-45)28-34-17-12-9-13-18-34)31-36-21-22-39-37(25-36)29-46-50(39)32-52-23-24-55(5,6)7/h8-22,25-26,29,40-43H,23-24,27-28,30-32H2,1-7H3/t40-,41-,42+,43+/m1/s1. The number of rotatable bonds is 14. The number of anilines is 1. The number of fused-ring (bicyclic) bond motifs is 2. The van der Waals surface area contributed by atoms with Gasteiger partial charge in [0.25, 0.3) is 0 Å². The third kappa shape index (κ3) is 9.32. The first-order chi connectivity index (χ1) is 26.3. The summed E-state index contributed by atoms with van der Waals surface area (Å²) in [6.45, 7) is 13.1. The maximum absolute atomic E-state index is 15.6. The monoisotopic (exact) mass is 759 g/mol. The molecule has 10 heteroatoms. The molecule has 0 unspecified atom stereocenters. The van der Waals surface area contributed by atoms with Gasteiger partial charge in [-0.05, 0) is 79.3 Å². The summed E-state index contributed by atoms with van der Waals surface area (Å²) < 4.78 is 21.8. The van der Waals surface area contributed by atoms with E-state index in [0.29, 0.717) is 32.7 Å². The van der Waals surface area contributed by atoms with Crippen molar-refractivity contribution < 1.29 is 19.0 Å². The quantitative estimate of drug-likeness (QED) is 0.0835. The van der Waals surface area contributed by atoms with E-state index in [-0.39, 0.29) is 30.3 Å². The predicted molar refractivity (Wildman–Crippen MR) is 223 cm³/mol. The molecule has 0 spiro atoms. The highest BCUT2D eigenvalue weighted by Crippen LogP contribution is 2.41. The zero-order valence-electron chi connectivity index (χ0n) is 33.5. The summed E-state index contributed by atoms with van der Waals surface area (Å²) >= 11 is 0. The summed E-state index contributed by atoms with van der Waals surface area (Å²) in [6.07, 6.45) is 2.43. The van der Waals surface area contributed by atoms with Crippen molar-refractivity contribution in [3.8, 4) is 0 Å². The summed E-state index contributed by atoms with van der Waals surface area (Å²) in [5.41, 5.74) is 6.50. The first kappa shape index (κ1) is 38.8. The van der Waals surface area contributed by atoms with Crippen molar-refractivity contribution in [1.82, 2.24) is 19.6 Å². The van der Waals surface area contributed by atoms with Crippen molar-refractivity contribution in [1.29, 1.82) is 0 Å². The number of carbonyl (C=O) groups is 1. The summed E-state index contributed by atoms with van der Waals surface area (Å²) in [4.78, 5) is 21.8. The molecule has 2 aliphatic rings. The molecule has 1 aromatic heterocycles. The van der Waals surface area contributed by atoms with E-state index in [0.717, 1.165) is 51.5 Å². The second-order valence-electron chi connectivity index (χ2n) is 17.1. The molecule has 0 saturated carbocycles. The fourth-order valence-corrected chi connectivity index (χ4v) is 8.70. The molecule has 0 bridgehead atoms. The normalized spacial score (nSPS) is 21.2. The highest BCUT2D eigenvalue weighted by molar-refractivity contribution is 6.76. The molecule has 4 aromatic carbocycles. The average Bonchev–Trinajstić information content (AvgIpc) is 3.70. The molecular weight excluding hydrogens is 703 g/mol. The number of nitrogens with zero attached hydrogens (tertiary/aromatic N) is 5. The highest BCUT2D eigenvalue weighted by Gasteiger charge is 2.55. The van der Waals surface area contributed by atoms with Crippen LogP contribution in [-0.2, 0) is 46.9 Å². The average molecular weight is 760 g/mol. The SMILES string of the molecule is CN(C)c1cccc(CN2C(=O)N(Cc3ccc4c(cnn4COCC[Si](C)(C)C)c3)[C@H](Cc3ccccc3)[C@@H]3OC(C)(C)O[C@H]3[C@H]2Cc2ccccc2)c1. The zero-order valence-corrected chi connectivity index (χ0v) is 34.5. The third-order valence-corrected chi connectivity index (χ3v) is 12.5. The first-order valence-corrected chi connectivity index (χ1v) is 23.3. The molecule has 2 aliphatic heterocycles. The van der Waals surface area contributed by atoms with Gasteiger partial charge in [0.2, 0.25) is 0 Å². The summed E-state index contributed by atoms with van der Waals surface area (Å²) in [6, 6.07) is 36.3. The number of hydrogen-bond acceptors (Lipinski definition) is 6. The lowest BCUT2D eigenvalue weighted by molar-refractivity contribution is -0.157. The molecule has 9 nitrogen and oxygen atoms in total. The smallest absolute Gasteiger partial charge is 0.321 e. The van der Waals surface area contributed by atoms with Crippen molar-refractivity contribution in [3.63, 3.8) is 0 Å². The number of urea groups is 1. The Labute approximate surface area is 327 Å². The van der Waals surface area contributed by atoms with Gasteiger partial charge in [-0.3, -0.25) is 0 Å². The van der Waals surface area contributed by atoms with Gasteiger partial charge in [-0.2, -0.15) is 5.10 Å². The Bertz CT molecular complexity index is 2050. The summed E-state index contributed by atoms with van der Waals surface area (Å²) in [5.74, 6) is -0.827. The first-order valence-electron chi connectivity index (χ1n) is 19.6. The van der Waals surface area contributed by atoms with Gasteiger partial charge in [0.1, 0.15) is 18.9 Å². The van der Waals surface area contributed by atoms with Gasteiger partial charge >= 0.3 is 6.03 Å². The fraction of sp³-hybridized carbons (Fsp3) is 0.422. The maximum atomic E-state index is 15.6.